The van der Waals surface area contributed by atoms with Crippen molar-refractivity contribution in [3.05, 3.63) is 84.9 Å². The zero-order valence-corrected chi connectivity index (χ0v) is 18.5. The molecule has 2 heterocycles. The molecule has 0 atom stereocenters. The normalized spacial score (nSPS) is 13.5. The fraction of sp³-hybridized carbons (Fsp3) is 0.154. The summed E-state index contributed by atoms with van der Waals surface area (Å²) >= 11 is 0. The van der Waals surface area contributed by atoms with E-state index in [2.05, 4.69) is 15.6 Å². The summed E-state index contributed by atoms with van der Waals surface area (Å²) in [5.74, 6) is 0.580. The number of oxazole rings is 1. The largest absolute Gasteiger partial charge is 0.444 e. The first-order chi connectivity index (χ1) is 16.9. The van der Waals surface area contributed by atoms with Gasteiger partial charge in [0.1, 0.15) is 0 Å². The van der Waals surface area contributed by atoms with Gasteiger partial charge in [-0.1, -0.05) is 30.3 Å². The van der Waals surface area contributed by atoms with Crippen LogP contribution in [0.15, 0.2) is 83.7 Å². The highest BCUT2D eigenvalue weighted by atomic mass is 19.4. The van der Waals surface area contributed by atoms with Crippen LogP contribution >= 0.6 is 0 Å². The van der Waals surface area contributed by atoms with E-state index >= 15 is 0 Å². The van der Waals surface area contributed by atoms with Crippen molar-refractivity contribution in [3.63, 3.8) is 0 Å². The maximum Gasteiger partial charge on any atom is 0.416 e. The minimum absolute atomic E-state index is 0.342. The molecule has 4 aromatic rings. The van der Waals surface area contributed by atoms with Crippen molar-refractivity contribution in [2.24, 2.45) is 0 Å². The second-order valence-electron chi connectivity index (χ2n) is 8.12. The van der Waals surface area contributed by atoms with Crippen LogP contribution in [0, 0.1) is 0 Å². The van der Waals surface area contributed by atoms with Crippen LogP contribution < -0.4 is 15.5 Å². The molecule has 1 aromatic heterocycles. The van der Waals surface area contributed by atoms with E-state index in [4.69, 9.17) is 4.42 Å². The van der Waals surface area contributed by atoms with Gasteiger partial charge in [-0.25, -0.2) is 9.78 Å². The summed E-state index contributed by atoms with van der Waals surface area (Å²) < 4.78 is 45.0. The molecule has 0 unspecified atom stereocenters. The lowest BCUT2D eigenvalue weighted by Gasteiger charge is -2.24. The Balaban J connectivity index is 1.45. The Morgan fingerprint density at radius 3 is 2.60 bits per heavy atom. The molecule has 178 valence electrons. The number of urea groups is 1. The standard InChI is InChI=1S/C26H21F3N4O2/c27-26(28,29)20-6-1-4-17(12-20)18-8-9-22-23(14-18)33(11-3-10-31-22)25(34)32-21-7-2-5-19(13-21)24-15-30-16-35-24/h1-2,4-9,12-16,31H,3,10-11H2,(H,32,34). The quantitative estimate of drug-likeness (QED) is 0.337. The third kappa shape index (κ3) is 4.84. The van der Waals surface area contributed by atoms with Gasteiger partial charge in [0.15, 0.2) is 12.2 Å². The molecule has 9 heteroatoms. The summed E-state index contributed by atoms with van der Waals surface area (Å²) in [7, 11) is 0. The molecule has 1 aliphatic rings. The van der Waals surface area contributed by atoms with Gasteiger partial charge < -0.3 is 15.1 Å². The van der Waals surface area contributed by atoms with Gasteiger partial charge in [0.2, 0.25) is 0 Å². The maximum atomic E-state index is 13.3. The number of hydrogen-bond acceptors (Lipinski definition) is 4. The number of fused-ring (bicyclic) bond motifs is 1. The summed E-state index contributed by atoms with van der Waals surface area (Å²) in [5, 5.41) is 6.21. The smallest absolute Gasteiger partial charge is 0.416 e. The van der Waals surface area contributed by atoms with Gasteiger partial charge in [0, 0.05) is 24.3 Å². The first-order valence-corrected chi connectivity index (χ1v) is 11.0. The Bertz CT molecular complexity index is 1350. The van der Waals surface area contributed by atoms with E-state index in [0.29, 0.717) is 47.8 Å². The highest BCUT2D eigenvalue weighted by Gasteiger charge is 2.30. The number of anilines is 3. The van der Waals surface area contributed by atoms with E-state index in [1.165, 1.54) is 12.5 Å². The predicted octanol–water partition coefficient (Wildman–Crippen LogP) is 6.88. The SMILES string of the molecule is O=C(Nc1cccc(-c2cnco2)c1)N1CCCNc2ccc(-c3cccc(C(F)(F)F)c3)cc21. The summed E-state index contributed by atoms with van der Waals surface area (Å²) in [6.45, 7) is 1.11. The van der Waals surface area contributed by atoms with E-state index in [9.17, 15) is 18.0 Å². The minimum Gasteiger partial charge on any atom is -0.444 e. The molecule has 0 aliphatic carbocycles. The van der Waals surface area contributed by atoms with Crippen molar-refractivity contribution >= 4 is 23.1 Å². The van der Waals surface area contributed by atoms with Gasteiger partial charge >= 0.3 is 12.2 Å². The molecule has 6 nitrogen and oxygen atoms in total. The van der Waals surface area contributed by atoms with Crippen LogP contribution in [0.2, 0.25) is 0 Å². The molecule has 5 rings (SSSR count). The molecule has 0 radical (unpaired) electrons. The average Bonchev–Trinajstić information content (AvgIpc) is 3.31. The Kier molecular flexibility index (Phi) is 5.90. The average molecular weight is 478 g/mol. The number of carbonyl (C=O) groups is 1. The number of alkyl halides is 3. The number of nitrogens with one attached hydrogen (secondary N) is 2. The second-order valence-corrected chi connectivity index (χ2v) is 8.12. The molecule has 2 amide bonds. The molecule has 3 aromatic carbocycles. The molecule has 0 saturated carbocycles. The number of nitrogens with zero attached hydrogens (tertiary/aromatic N) is 2. The molecule has 35 heavy (non-hydrogen) atoms. The summed E-state index contributed by atoms with van der Waals surface area (Å²) in [5.41, 5.74) is 2.98. The maximum absolute atomic E-state index is 13.3. The molecular weight excluding hydrogens is 457 g/mol. The van der Waals surface area contributed by atoms with Gasteiger partial charge in [-0.05, 0) is 53.9 Å². The molecule has 2 N–H and O–H groups in total. The molecule has 0 bridgehead atoms. The number of halogens is 3. The summed E-state index contributed by atoms with van der Waals surface area (Å²) in [6.07, 6.45) is -0.800. The van der Waals surface area contributed by atoms with Crippen molar-refractivity contribution in [2.45, 2.75) is 12.6 Å². The van der Waals surface area contributed by atoms with Gasteiger partial charge in [-0.2, -0.15) is 13.2 Å². The van der Waals surface area contributed by atoms with E-state index in [0.717, 1.165) is 23.4 Å². The lowest BCUT2D eigenvalue weighted by atomic mass is 10.0. The Hall–Kier alpha value is -4.27. The highest BCUT2D eigenvalue weighted by Crippen LogP contribution is 2.36. The van der Waals surface area contributed by atoms with Crippen LogP contribution in [0.4, 0.5) is 35.0 Å². The van der Waals surface area contributed by atoms with Crippen molar-refractivity contribution in [1.82, 2.24) is 4.98 Å². The van der Waals surface area contributed by atoms with Crippen LogP contribution in [0.25, 0.3) is 22.5 Å². The topological polar surface area (TPSA) is 70.4 Å². The van der Waals surface area contributed by atoms with E-state index < -0.39 is 11.7 Å². The van der Waals surface area contributed by atoms with E-state index in [1.807, 2.05) is 6.07 Å². The van der Waals surface area contributed by atoms with Crippen molar-refractivity contribution in [2.75, 3.05) is 28.6 Å². The lowest BCUT2D eigenvalue weighted by Crippen LogP contribution is -2.35. The van der Waals surface area contributed by atoms with Crippen molar-refractivity contribution < 1.29 is 22.4 Å². The number of hydrogen-bond donors (Lipinski definition) is 2. The predicted molar refractivity (Wildman–Crippen MR) is 128 cm³/mol. The van der Waals surface area contributed by atoms with E-state index in [-0.39, 0.29) is 6.03 Å². The van der Waals surface area contributed by atoms with Crippen molar-refractivity contribution in [3.8, 4) is 22.5 Å². The fourth-order valence-electron chi connectivity index (χ4n) is 4.05. The summed E-state index contributed by atoms with van der Waals surface area (Å²) in [4.78, 5) is 18.8. The second kappa shape index (κ2) is 9.17. The number of amides is 2. The number of rotatable bonds is 3. The third-order valence-corrected chi connectivity index (χ3v) is 5.76. The Morgan fingerprint density at radius 2 is 1.80 bits per heavy atom. The Morgan fingerprint density at radius 1 is 1.00 bits per heavy atom. The first-order valence-electron chi connectivity index (χ1n) is 11.0. The Labute approximate surface area is 199 Å². The fourth-order valence-corrected chi connectivity index (χ4v) is 4.05. The molecule has 0 fully saturated rings. The van der Waals surface area contributed by atoms with Crippen LogP contribution in [0.3, 0.4) is 0 Å². The number of benzene rings is 3. The molecule has 1 aliphatic heterocycles. The minimum atomic E-state index is -4.44. The zero-order valence-electron chi connectivity index (χ0n) is 18.5. The highest BCUT2D eigenvalue weighted by molar-refractivity contribution is 6.04. The monoisotopic (exact) mass is 478 g/mol. The van der Waals surface area contributed by atoms with Gasteiger partial charge in [-0.3, -0.25) is 4.90 Å². The summed E-state index contributed by atoms with van der Waals surface area (Å²) in [6, 6.07) is 17.3. The van der Waals surface area contributed by atoms with E-state index in [1.54, 1.807) is 53.6 Å². The lowest BCUT2D eigenvalue weighted by molar-refractivity contribution is -0.137. The van der Waals surface area contributed by atoms with Crippen LogP contribution in [-0.2, 0) is 6.18 Å². The van der Waals surface area contributed by atoms with Crippen LogP contribution in [0.5, 0.6) is 0 Å². The number of aromatic nitrogens is 1. The van der Waals surface area contributed by atoms with Crippen LogP contribution in [0.1, 0.15) is 12.0 Å². The third-order valence-electron chi connectivity index (χ3n) is 5.76. The molecular formula is C26H21F3N4O2. The number of carbonyl (C=O) groups excluding carboxylic acids is 1. The zero-order chi connectivity index (χ0) is 24.4. The van der Waals surface area contributed by atoms with Gasteiger partial charge in [-0.15, -0.1) is 0 Å². The first kappa shape index (κ1) is 22.5. The molecule has 0 saturated heterocycles. The van der Waals surface area contributed by atoms with Crippen molar-refractivity contribution in [1.29, 1.82) is 0 Å². The van der Waals surface area contributed by atoms with Gasteiger partial charge in [0.05, 0.1) is 23.1 Å². The molecule has 0 spiro atoms. The van der Waals surface area contributed by atoms with Gasteiger partial charge in [0.25, 0.3) is 0 Å². The van der Waals surface area contributed by atoms with Crippen LogP contribution in [-0.4, -0.2) is 24.1 Å².